The van der Waals surface area contributed by atoms with Crippen molar-refractivity contribution in [1.82, 2.24) is 15.0 Å². The molecule has 26 heavy (non-hydrogen) atoms. The highest BCUT2D eigenvalue weighted by Crippen LogP contribution is 2.37. The Morgan fingerprint density at radius 3 is 2.96 bits per heavy atom. The molecule has 4 rings (SSSR count). The first-order valence-electron chi connectivity index (χ1n) is 8.90. The summed E-state index contributed by atoms with van der Waals surface area (Å²) in [5, 5.41) is 11.0. The van der Waals surface area contributed by atoms with Crippen LogP contribution in [0.25, 0.3) is 11.0 Å². The second-order valence-electron chi connectivity index (χ2n) is 7.15. The molecule has 0 radical (unpaired) electrons. The first-order valence-corrected chi connectivity index (χ1v) is 8.90. The molecule has 0 aliphatic carbocycles. The maximum atomic E-state index is 12.3. The lowest BCUT2D eigenvalue weighted by Crippen LogP contribution is -2.49. The Balaban J connectivity index is 1.69. The van der Waals surface area contributed by atoms with E-state index in [4.69, 9.17) is 0 Å². The van der Waals surface area contributed by atoms with Gasteiger partial charge in [-0.15, -0.1) is 0 Å². The molecular formula is C20H22N4O2. The number of H-pyrrole nitrogens is 1. The van der Waals surface area contributed by atoms with Gasteiger partial charge in [-0.3, -0.25) is 4.79 Å². The Morgan fingerprint density at radius 2 is 2.15 bits per heavy atom. The van der Waals surface area contributed by atoms with Crippen molar-refractivity contribution in [3.8, 4) is 0 Å². The van der Waals surface area contributed by atoms with Crippen LogP contribution in [0.5, 0.6) is 0 Å². The van der Waals surface area contributed by atoms with Crippen LogP contribution in [0.1, 0.15) is 24.0 Å². The number of hydrogen-bond acceptors (Lipinski definition) is 4. The lowest BCUT2D eigenvalue weighted by molar-refractivity contribution is -0.149. The molecule has 0 unspecified atom stereocenters. The number of anilines is 1. The lowest BCUT2D eigenvalue weighted by Gasteiger charge is -2.41. The zero-order valence-corrected chi connectivity index (χ0v) is 14.8. The Hall–Kier alpha value is -2.89. The minimum absolute atomic E-state index is 0.452. The van der Waals surface area contributed by atoms with Gasteiger partial charge in [0.2, 0.25) is 0 Å². The van der Waals surface area contributed by atoms with Gasteiger partial charge in [0.05, 0.1) is 10.8 Å². The number of rotatable bonds is 4. The summed E-state index contributed by atoms with van der Waals surface area (Å²) >= 11 is 0. The van der Waals surface area contributed by atoms with E-state index in [0.29, 0.717) is 19.4 Å². The molecule has 0 spiro atoms. The van der Waals surface area contributed by atoms with Gasteiger partial charge in [-0.1, -0.05) is 24.3 Å². The zero-order valence-electron chi connectivity index (χ0n) is 14.8. The number of carboxylic acids is 1. The summed E-state index contributed by atoms with van der Waals surface area (Å²) in [6, 6.07) is 9.99. The van der Waals surface area contributed by atoms with Crippen LogP contribution in [-0.4, -0.2) is 39.1 Å². The van der Waals surface area contributed by atoms with E-state index in [9.17, 15) is 9.90 Å². The molecule has 6 heteroatoms. The fourth-order valence-electron chi connectivity index (χ4n) is 3.99. The average Bonchev–Trinajstić information content (AvgIpc) is 3.12. The molecule has 2 N–H and O–H groups in total. The van der Waals surface area contributed by atoms with Gasteiger partial charge < -0.3 is 15.0 Å². The van der Waals surface area contributed by atoms with Crippen LogP contribution in [0.2, 0.25) is 0 Å². The number of carbonyl (C=O) groups is 1. The number of benzene rings is 1. The monoisotopic (exact) mass is 350 g/mol. The van der Waals surface area contributed by atoms with E-state index >= 15 is 0 Å². The second-order valence-corrected chi connectivity index (χ2v) is 7.15. The number of nitrogens with zero attached hydrogens (tertiary/aromatic N) is 3. The summed E-state index contributed by atoms with van der Waals surface area (Å²) in [5.41, 5.74) is 2.21. The predicted molar refractivity (Wildman–Crippen MR) is 100 cm³/mol. The van der Waals surface area contributed by atoms with Crippen molar-refractivity contribution >= 4 is 22.8 Å². The van der Waals surface area contributed by atoms with E-state index < -0.39 is 11.4 Å². The van der Waals surface area contributed by atoms with Gasteiger partial charge in [0.15, 0.2) is 0 Å². The van der Waals surface area contributed by atoms with E-state index in [1.165, 1.54) is 6.33 Å². The van der Waals surface area contributed by atoms with Crippen molar-refractivity contribution in [1.29, 1.82) is 0 Å². The lowest BCUT2D eigenvalue weighted by atomic mass is 9.74. The van der Waals surface area contributed by atoms with Crippen molar-refractivity contribution in [3.05, 3.63) is 54.0 Å². The van der Waals surface area contributed by atoms with Crippen LogP contribution in [0.15, 0.2) is 42.9 Å². The minimum Gasteiger partial charge on any atom is -0.481 e. The molecule has 0 saturated carbocycles. The van der Waals surface area contributed by atoms with Crippen molar-refractivity contribution in [3.63, 3.8) is 0 Å². The molecule has 6 nitrogen and oxygen atoms in total. The summed E-state index contributed by atoms with van der Waals surface area (Å²) in [5.74, 6) is 0.0798. The molecule has 1 aromatic carbocycles. The number of aliphatic carboxylic acids is 1. The van der Waals surface area contributed by atoms with Crippen LogP contribution in [0, 0.1) is 12.3 Å². The number of carboxylic acid groups (broad SMARTS) is 1. The van der Waals surface area contributed by atoms with E-state index in [1.54, 1.807) is 0 Å². The predicted octanol–water partition coefficient (Wildman–Crippen LogP) is 3.18. The van der Waals surface area contributed by atoms with Gasteiger partial charge >= 0.3 is 5.97 Å². The fraction of sp³-hybridized carbons (Fsp3) is 0.350. The molecule has 1 atom stereocenters. The molecule has 1 aliphatic heterocycles. The third-order valence-corrected chi connectivity index (χ3v) is 5.45. The Morgan fingerprint density at radius 1 is 1.31 bits per heavy atom. The summed E-state index contributed by atoms with van der Waals surface area (Å²) in [4.78, 5) is 26.2. The molecule has 134 valence electrons. The number of nitrogens with one attached hydrogen (secondary N) is 1. The number of aromatic amines is 1. The van der Waals surface area contributed by atoms with Crippen molar-refractivity contribution in [2.75, 3.05) is 18.0 Å². The summed E-state index contributed by atoms with van der Waals surface area (Å²) in [6.07, 6.45) is 5.41. The molecule has 1 fully saturated rings. The second kappa shape index (κ2) is 6.44. The number of aryl methyl sites for hydroxylation is 1. The van der Waals surface area contributed by atoms with E-state index in [1.807, 2.05) is 43.5 Å². The van der Waals surface area contributed by atoms with Gasteiger partial charge in [-0.25, -0.2) is 9.97 Å². The van der Waals surface area contributed by atoms with Crippen LogP contribution >= 0.6 is 0 Å². The zero-order chi connectivity index (χ0) is 18.1. The average molecular weight is 350 g/mol. The van der Waals surface area contributed by atoms with E-state index in [2.05, 4.69) is 19.9 Å². The third kappa shape index (κ3) is 2.81. The number of fused-ring (bicyclic) bond motifs is 1. The normalized spacial score (nSPS) is 20.4. The topological polar surface area (TPSA) is 82.1 Å². The molecule has 3 aromatic rings. The maximum absolute atomic E-state index is 12.3. The van der Waals surface area contributed by atoms with Gasteiger partial charge in [-0.05, 0) is 43.4 Å². The SMILES string of the molecule is Cc1ccccc1C[C@@]1(C(=O)O)CCCN(c2ncnc3[nH]ccc23)C1. The highest BCUT2D eigenvalue weighted by atomic mass is 16.4. The fourth-order valence-corrected chi connectivity index (χ4v) is 3.99. The molecule has 0 amide bonds. The van der Waals surface area contributed by atoms with E-state index in [0.717, 1.165) is 40.9 Å². The molecule has 1 saturated heterocycles. The van der Waals surface area contributed by atoms with Crippen LogP contribution in [0.4, 0.5) is 5.82 Å². The largest absolute Gasteiger partial charge is 0.481 e. The number of hydrogen-bond donors (Lipinski definition) is 2. The maximum Gasteiger partial charge on any atom is 0.311 e. The first kappa shape index (κ1) is 16.6. The van der Waals surface area contributed by atoms with Gasteiger partial charge in [0.25, 0.3) is 0 Å². The van der Waals surface area contributed by atoms with Crippen LogP contribution in [0.3, 0.4) is 0 Å². The summed E-state index contributed by atoms with van der Waals surface area (Å²) in [7, 11) is 0. The standard InChI is InChI=1S/C20H22N4O2/c1-14-5-2-3-6-15(14)11-20(19(25)26)8-4-10-24(12-20)18-16-7-9-21-17(16)22-13-23-18/h2-3,5-7,9,13H,4,8,10-12H2,1H3,(H,25,26)(H,21,22,23)/t20-/m0/s1. The molecule has 3 heterocycles. The van der Waals surface area contributed by atoms with Crippen molar-refractivity contribution in [2.45, 2.75) is 26.2 Å². The van der Waals surface area contributed by atoms with Crippen molar-refractivity contribution in [2.24, 2.45) is 5.41 Å². The quantitative estimate of drug-likeness (QED) is 0.755. The summed E-state index contributed by atoms with van der Waals surface area (Å²) in [6.45, 7) is 3.30. The Kier molecular flexibility index (Phi) is 4.11. The highest BCUT2D eigenvalue weighted by Gasteiger charge is 2.43. The Labute approximate surface area is 151 Å². The number of piperidine rings is 1. The van der Waals surface area contributed by atoms with E-state index in [-0.39, 0.29) is 0 Å². The molecule has 2 aromatic heterocycles. The van der Waals surface area contributed by atoms with Crippen molar-refractivity contribution < 1.29 is 9.90 Å². The molecular weight excluding hydrogens is 328 g/mol. The molecule has 1 aliphatic rings. The third-order valence-electron chi connectivity index (χ3n) is 5.45. The van der Waals surface area contributed by atoms with Gasteiger partial charge in [0.1, 0.15) is 17.8 Å². The molecule has 0 bridgehead atoms. The smallest absolute Gasteiger partial charge is 0.311 e. The van der Waals surface area contributed by atoms with Crippen LogP contribution in [-0.2, 0) is 11.2 Å². The van der Waals surface area contributed by atoms with Gasteiger partial charge in [-0.2, -0.15) is 0 Å². The van der Waals surface area contributed by atoms with Gasteiger partial charge in [0, 0.05) is 19.3 Å². The minimum atomic E-state index is -0.808. The van der Waals surface area contributed by atoms with Crippen LogP contribution < -0.4 is 4.90 Å². The first-order chi connectivity index (χ1) is 12.6. The highest BCUT2D eigenvalue weighted by molar-refractivity contribution is 5.88. The summed E-state index contributed by atoms with van der Waals surface area (Å²) < 4.78 is 0. The Bertz CT molecular complexity index is 952. The number of aromatic nitrogens is 3.